The van der Waals surface area contributed by atoms with Gasteiger partial charge in [0, 0.05) is 0 Å². The first-order valence-electron chi connectivity index (χ1n) is 4.52. The predicted molar refractivity (Wildman–Crippen MR) is 40.9 cm³/mol. The maximum Gasteiger partial charge on any atom is 0.0607 e. The van der Waals surface area contributed by atoms with Gasteiger partial charge in [0.05, 0.1) is 12.2 Å². The average Bonchev–Trinajstić information content (AvgIpc) is 2.27. The molecule has 1 heteroatoms. The zero-order valence-electron chi connectivity index (χ0n) is 6.68. The van der Waals surface area contributed by atoms with E-state index in [2.05, 4.69) is 6.92 Å². The van der Waals surface area contributed by atoms with Gasteiger partial charge in [-0.3, -0.25) is 0 Å². The first kappa shape index (κ1) is 6.66. The van der Waals surface area contributed by atoms with Gasteiger partial charge in [-0.05, 0) is 32.1 Å². The Balaban J connectivity index is 1.97. The third-order valence-electron chi connectivity index (χ3n) is 2.88. The van der Waals surface area contributed by atoms with Crippen LogP contribution in [0.5, 0.6) is 0 Å². The highest BCUT2D eigenvalue weighted by Crippen LogP contribution is 2.36. The summed E-state index contributed by atoms with van der Waals surface area (Å²) < 4.78 is 5.77. The van der Waals surface area contributed by atoms with Gasteiger partial charge in [-0.25, -0.2) is 0 Å². The Morgan fingerprint density at radius 2 is 2.00 bits per heavy atom. The molecule has 0 aromatic heterocycles. The van der Waals surface area contributed by atoms with E-state index in [0.29, 0.717) is 12.2 Å². The van der Waals surface area contributed by atoms with Crippen LogP contribution < -0.4 is 0 Å². The minimum atomic E-state index is 0.549. The molecule has 2 fully saturated rings. The molecule has 2 aliphatic rings. The number of hydrogen-bond acceptors (Lipinski definition) is 1. The molecule has 0 aromatic carbocycles. The Morgan fingerprint density at radius 1 is 1.20 bits per heavy atom. The molecule has 0 amide bonds. The van der Waals surface area contributed by atoms with Crippen LogP contribution in [0.1, 0.15) is 39.0 Å². The third-order valence-corrected chi connectivity index (χ3v) is 2.88. The van der Waals surface area contributed by atoms with Gasteiger partial charge < -0.3 is 4.74 Å². The van der Waals surface area contributed by atoms with E-state index in [1.807, 2.05) is 0 Å². The van der Waals surface area contributed by atoms with Crippen LogP contribution in [0.25, 0.3) is 0 Å². The molecular formula is C9H16O. The SMILES string of the molecule is C[C@H]1C[C@@H]2CCCC[C@@H]2O1. The van der Waals surface area contributed by atoms with E-state index in [0.717, 1.165) is 5.92 Å². The minimum Gasteiger partial charge on any atom is -0.375 e. The monoisotopic (exact) mass is 140 g/mol. The van der Waals surface area contributed by atoms with Crippen LogP contribution in [-0.2, 0) is 4.74 Å². The van der Waals surface area contributed by atoms with Crippen LogP contribution in [0.4, 0.5) is 0 Å². The van der Waals surface area contributed by atoms with Crippen LogP contribution in [-0.4, -0.2) is 12.2 Å². The van der Waals surface area contributed by atoms with Gasteiger partial charge in [0.1, 0.15) is 0 Å². The fraction of sp³-hybridized carbons (Fsp3) is 1.00. The molecule has 3 atom stereocenters. The Labute approximate surface area is 62.8 Å². The summed E-state index contributed by atoms with van der Waals surface area (Å²) in [6, 6.07) is 0. The van der Waals surface area contributed by atoms with E-state index in [1.165, 1.54) is 32.1 Å². The smallest absolute Gasteiger partial charge is 0.0607 e. The number of rotatable bonds is 0. The Bertz CT molecular complexity index is 108. The van der Waals surface area contributed by atoms with Gasteiger partial charge in [0.25, 0.3) is 0 Å². The molecule has 0 aromatic rings. The molecule has 1 saturated carbocycles. The highest BCUT2D eigenvalue weighted by atomic mass is 16.5. The lowest BCUT2D eigenvalue weighted by Gasteiger charge is -2.23. The molecule has 0 radical (unpaired) electrons. The molecular weight excluding hydrogens is 124 g/mol. The van der Waals surface area contributed by atoms with E-state index in [1.54, 1.807) is 0 Å². The largest absolute Gasteiger partial charge is 0.375 e. The molecule has 0 unspecified atom stereocenters. The summed E-state index contributed by atoms with van der Waals surface area (Å²) in [4.78, 5) is 0. The van der Waals surface area contributed by atoms with Crippen molar-refractivity contribution in [2.24, 2.45) is 5.92 Å². The highest BCUT2D eigenvalue weighted by Gasteiger charge is 2.34. The second kappa shape index (κ2) is 2.54. The predicted octanol–water partition coefficient (Wildman–Crippen LogP) is 2.35. The average molecular weight is 140 g/mol. The molecule has 0 spiro atoms. The fourth-order valence-electron chi connectivity index (χ4n) is 2.40. The van der Waals surface area contributed by atoms with E-state index < -0.39 is 0 Å². The normalized spacial score (nSPS) is 47.1. The lowest BCUT2D eigenvalue weighted by Crippen LogP contribution is -2.19. The van der Waals surface area contributed by atoms with Crippen molar-refractivity contribution in [1.29, 1.82) is 0 Å². The van der Waals surface area contributed by atoms with Crippen molar-refractivity contribution < 1.29 is 4.74 Å². The van der Waals surface area contributed by atoms with E-state index in [4.69, 9.17) is 4.74 Å². The van der Waals surface area contributed by atoms with Crippen LogP contribution in [0.15, 0.2) is 0 Å². The zero-order valence-corrected chi connectivity index (χ0v) is 6.68. The van der Waals surface area contributed by atoms with Crippen molar-refractivity contribution in [2.75, 3.05) is 0 Å². The number of ether oxygens (including phenoxy) is 1. The Kier molecular flexibility index (Phi) is 1.69. The minimum absolute atomic E-state index is 0.549. The first-order chi connectivity index (χ1) is 4.86. The molecule has 1 heterocycles. The molecule has 2 rings (SSSR count). The van der Waals surface area contributed by atoms with E-state index in [9.17, 15) is 0 Å². The molecule has 1 aliphatic carbocycles. The van der Waals surface area contributed by atoms with Crippen LogP contribution in [0, 0.1) is 5.92 Å². The van der Waals surface area contributed by atoms with E-state index in [-0.39, 0.29) is 0 Å². The topological polar surface area (TPSA) is 9.23 Å². The summed E-state index contributed by atoms with van der Waals surface area (Å²) >= 11 is 0. The summed E-state index contributed by atoms with van der Waals surface area (Å²) in [7, 11) is 0. The van der Waals surface area contributed by atoms with Crippen LogP contribution in [0.3, 0.4) is 0 Å². The summed E-state index contributed by atoms with van der Waals surface area (Å²) in [6.07, 6.45) is 8.11. The Morgan fingerprint density at radius 3 is 2.80 bits per heavy atom. The summed E-state index contributed by atoms with van der Waals surface area (Å²) in [5.74, 6) is 0.920. The lowest BCUT2D eigenvalue weighted by atomic mass is 9.86. The van der Waals surface area contributed by atoms with E-state index >= 15 is 0 Å². The number of hydrogen-bond donors (Lipinski definition) is 0. The van der Waals surface area contributed by atoms with Crippen LogP contribution in [0.2, 0.25) is 0 Å². The van der Waals surface area contributed by atoms with Gasteiger partial charge in [-0.2, -0.15) is 0 Å². The van der Waals surface area contributed by atoms with Gasteiger partial charge in [0.2, 0.25) is 0 Å². The fourth-order valence-corrected chi connectivity index (χ4v) is 2.40. The second-order valence-corrected chi connectivity index (χ2v) is 3.77. The molecule has 1 saturated heterocycles. The standard InChI is InChI=1S/C9H16O/c1-7-6-8-4-2-3-5-9(8)10-7/h7-9H,2-6H2,1H3/t7-,8-,9-/m0/s1. The first-order valence-corrected chi connectivity index (χ1v) is 4.52. The third kappa shape index (κ3) is 1.07. The van der Waals surface area contributed by atoms with Crippen molar-refractivity contribution in [3.05, 3.63) is 0 Å². The Hall–Kier alpha value is -0.0400. The van der Waals surface area contributed by atoms with Gasteiger partial charge in [-0.1, -0.05) is 12.8 Å². The maximum absolute atomic E-state index is 5.77. The van der Waals surface area contributed by atoms with Crippen molar-refractivity contribution in [3.63, 3.8) is 0 Å². The highest BCUT2D eigenvalue weighted by molar-refractivity contribution is 4.83. The molecule has 1 nitrogen and oxygen atoms in total. The second-order valence-electron chi connectivity index (χ2n) is 3.77. The van der Waals surface area contributed by atoms with Gasteiger partial charge >= 0.3 is 0 Å². The molecule has 58 valence electrons. The lowest BCUT2D eigenvalue weighted by molar-refractivity contribution is 0.0272. The zero-order chi connectivity index (χ0) is 6.97. The molecule has 0 bridgehead atoms. The van der Waals surface area contributed by atoms with Gasteiger partial charge in [-0.15, -0.1) is 0 Å². The van der Waals surface area contributed by atoms with Crippen LogP contribution >= 0.6 is 0 Å². The molecule has 10 heavy (non-hydrogen) atoms. The van der Waals surface area contributed by atoms with Crippen molar-refractivity contribution >= 4 is 0 Å². The molecule has 0 N–H and O–H groups in total. The summed E-state index contributed by atoms with van der Waals surface area (Å²) in [5, 5.41) is 0. The summed E-state index contributed by atoms with van der Waals surface area (Å²) in [5.41, 5.74) is 0. The summed E-state index contributed by atoms with van der Waals surface area (Å²) in [6.45, 7) is 2.21. The van der Waals surface area contributed by atoms with Crippen molar-refractivity contribution in [2.45, 2.75) is 51.2 Å². The van der Waals surface area contributed by atoms with Crippen molar-refractivity contribution in [1.82, 2.24) is 0 Å². The molecule has 1 aliphatic heterocycles. The maximum atomic E-state index is 5.77. The number of fused-ring (bicyclic) bond motifs is 1. The van der Waals surface area contributed by atoms with Crippen molar-refractivity contribution in [3.8, 4) is 0 Å². The quantitative estimate of drug-likeness (QED) is 0.502. The van der Waals surface area contributed by atoms with Gasteiger partial charge in [0.15, 0.2) is 0 Å².